The van der Waals surface area contributed by atoms with Gasteiger partial charge in [-0.25, -0.2) is 0 Å². The maximum absolute atomic E-state index is 13.0. The standard InChI is InChI=1S/C15H12BrF3O2.C15H12BrF3O.C7H3BrF3I/c1-21-11-5-2-9(3-6-11)14(20)12-8-10(16)4-7-13(12)15(17,18)19;1-20-13-5-2-10(3-6-13)8-11-9-12(16)4-7-14(11)15(17,18)19;8-4-1-2-5(6(12)3-4)7(9,10)11/h2-8,14,20H,1H3;2-7,9H,8H2,1H3;1-3H. The minimum absolute atomic E-state index is 0.193. The van der Waals surface area contributed by atoms with Crippen LogP contribution in [-0.4, -0.2) is 19.3 Å². The third-order valence-corrected chi connectivity index (χ3v) is 9.58. The van der Waals surface area contributed by atoms with Crippen molar-refractivity contribution >= 4 is 70.4 Å². The maximum Gasteiger partial charge on any atom is 0.417 e. The molecule has 0 saturated heterocycles. The lowest BCUT2D eigenvalue weighted by Gasteiger charge is -2.18. The van der Waals surface area contributed by atoms with Crippen LogP contribution in [0.2, 0.25) is 0 Å². The van der Waals surface area contributed by atoms with Gasteiger partial charge in [0.25, 0.3) is 0 Å². The lowest BCUT2D eigenvalue weighted by molar-refractivity contribution is -0.139. The average Bonchev–Trinajstić information content (AvgIpc) is 3.07. The number of hydrogen-bond acceptors (Lipinski definition) is 3. The van der Waals surface area contributed by atoms with Crippen molar-refractivity contribution in [1.29, 1.82) is 0 Å². The molecule has 0 spiro atoms. The number of alkyl halides is 9. The number of methoxy groups -OCH3 is 2. The number of hydrogen-bond donors (Lipinski definition) is 1. The van der Waals surface area contributed by atoms with E-state index < -0.39 is 41.3 Å². The molecular formula is C37H27Br3F9IO3. The van der Waals surface area contributed by atoms with Crippen LogP contribution in [-0.2, 0) is 24.9 Å². The third-order valence-electron chi connectivity index (χ3n) is 7.21. The molecule has 1 N–H and O–H groups in total. The largest absolute Gasteiger partial charge is 0.497 e. The zero-order chi connectivity index (χ0) is 39.7. The van der Waals surface area contributed by atoms with E-state index in [9.17, 15) is 44.6 Å². The number of benzene rings is 5. The van der Waals surface area contributed by atoms with Crippen molar-refractivity contribution in [2.45, 2.75) is 31.1 Å². The molecule has 284 valence electrons. The molecule has 0 fully saturated rings. The summed E-state index contributed by atoms with van der Waals surface area (Å²) in [5, 5.41) is 10.3. The predicted octanol–water partition coefficient (Wildman–Crippen LogP) is 13.7. The van der Waals surface area contributed by atoms with E-state index in [1.165, 1.54) is 55.6 Å². The van der Waals surface area contributed by atoms with Crippen LogP contribution in [0.15, 0.2) is 117 Å². The molecule has 0 aliphatic carbocycles. The Morgan fingerprint density at radius 3 is 1.43 bits per heavy atom. The molecule has 5 aromatic carbocycles. The molecule has 3 nitrogen and oxygen atoms in total. The summed E-state index contributed by atoms with van der Waals surface area (Å²) >= 11 is 11.1. The van der Waals surface area contributed by atoms with Crippen molar-refractivity contribution in [3.63, 3.8) is 0 Å². The second-order valence-corrected chi connectivity index (χ2v) is 14.8. The van der Waals surface area contributed by atoms with Crippen LogP contribution in [0, 0.1) is 3.57 Å². The predicted molar refractivity (Wildman–Crippen MR) is 203 cm³/mol. The fraction of sp³-hybridized carbons (Fsp3) is 0.189. The Bertz CT molecular complexity index is 1950. The van der Waals surface area contributed by atoms with Gasteiger partial charge in [-0.15, -0.1) is 0 Å². The fourth-order valence-corrected chi connectivity index (χ4v) is 7.05. The summed E-state index contributed by atoms with van der Waals surface area (Å²) in [6.07, 6.45) is -14.3. The van der Waals surface area contributed by atoms with Gasteiger partial charge in [0.15, 0.2) is 0 Å². The first-order chi connectivity index (χ1) is 24.6. The summed E-state index contributed by atoms with van der Waals surface area (Å²) in [6.45, 7) is 0. The first kappa shape index (κ1) is 44.6. The van der Waals surface area contributed by atoms with Gasteiger partial charge in [0.2, 0.25) is 0 Å². The molecule has 16 heteroatoms. The summed E-state index contributed by atoms with van der Waals surface area (Å²) in [4.78, 5) is 0. The zero-order valence-corrected chi connectivity index (χ0v) is 34.2. The van der Waals surface area contributed by atoms with Crippen LogP contribution in [0.25, 0.3) is 0 Å². The van der Waals surface area contributed by atoms with Gasteiger partial charge in [-0.05, 0) is 130 Å². The summed E-state index contributed by atoms with van der Waals surface area (Å²) < 4.78 is 126. The van der Waals surface area contributed by atoms with Crippen molar-refractivity contribution in [3.05, 3.63) is 159 Å². The first-order valence-electron chi connectivity index (χ1n) is 14.8. The number of aliphatic hydroxyl groups is 1. The van der Waals surface area contributed by atoms with Crippen molar-refractivity contribution in [1.82, 2.24) is 0 Å². The first-order valence-corrected chi connectivity index (χ1v) is 18.3. The van der Waals surface area contributed by atoms with E-state index in [1.807, 2.05) is 0 Å². The van der Waals surface area contributed by atoms with E-state index >= 15 is 0 Å². The highest BCUT2D eigenvalue weighted by Gasteiger charge is 2.36. The van der Waals surface area contributed by atoms with Crippen LogP contribution in [0.1, 0.15) is 45.0 Å². The van der Waals surface area contributed by atoms with Gasteiger partial charge in [0, 0.05) is 17.0 Å². The van der Waals surface area contributed by atoms with E-state index in [-0.39, 0.29) is 21.1 Å². The smallest absolute Gasteiger partial charge is 0.417 e. The average molecular weight is 1060 g/mol. The van der Waals surface area contributed by atoms with Gasteiger partial charge >= 0.3 is 18.5 Å². The SMILES string of the molecule is COc1ccc(C(O)c2cc(Br)ccc2C(F)(F)F)cc1.COc1ccc(Cc2cc(Br)ccc2C(F)(F)F)cc1.FC(F)(F)c1ccc(Br)cc1I. The summed E-state index contributed by atoms with van der Waals surface area (Å²) in [6, 6.07) is 24.6. The third kappa shape index (κ3) is 13.5. The molecule has 5 rings (SSSR count). The Labute approximate surface area is 338 Å². The van der Waals surface area contributed by atoms with Gasteiger partial charge < -0.3 is 14.6 Å². The highest BCUT2D eigenvalue weighted by molar-refractivity contribution is 14.1. The number of aliphatic hydroxyl groups excluding tert-OH is 1. The van der Waals surface area contributed by atoms with Gasteiger partial charge in [-0.3, -0.25) is 0 Å². The molecular weight excluding hydrogens is 1030 g/mol. The topological polar surface area (TPSA) is 38.7 Å². The quantitative estimate of drug-likeness (QED) is 0.136. The molecule has 0 heterocycles. The van der Waals surface area contributed by atoms with E-state index in [0.717, 1.165) is 23.8 Å². The van der Waals surface area contributed by atoms with E-state index in [2.05, 4.69) is 47.8 Å². The van der Waals surface area contributed by atoms with E-state index in [4.69, 9.17) is 9.47 Å². The lowest BCUT2D eigenvalue weighted by atomic mass is 9.96. The molecule has 1 unspecified atom stereocenters. The van der Waals surface area contributed by atoms with Gasteiger partial charge in [0.1, 0.15) is 17.6 Å². The van der Waals surface area contributed by atoms with Crippen LogP contribution in [0.5, 0.6) is 11.5 Å². The lowest BCUT2D eigenvalue weighted by Crippen LogP contribution is -2.12. The highest BCUT2D eigenvalue weighted by Crippen LogP contribution is 2.39. The van der Waals surface area contributed by atoms with Crippen molar-refractivity contribution in [2.24, 2.45) is 0 Å². The van der Waals surface area contributed by atoms with E-state index in [1.54, 1.807) is 66.1 Å². The van der Waals surface area contributed by atoms with Crippen LogP contribution in [0.3, 0.4) is 0 Å². The number of halogens is 13. The second kappa shape index (κ2) is 19.2. The van der Waals surface area contributed by atoms with Gasteiger partial charge in [-0.1, -0.05) is 72.1 Å². The highest BCUT2D eigenvalue weighted by atomic mass is 127. The van der Waals surface area contributed by atoms with E-state index in [0.29, 0.717) is 30.5 Å². The van der Waals surface area contributed by atoms with Gasteiger partial charge in [-0.2, -0.15) is 39.5 Å². The summed E-state index contributed by atoms with van der Waals surface area (Å²) in [5.41, 5.74) is -0.829. The molecule has 0 radical (unpaired) electrons. The molecule has 53 heavy (non-hydrogen) atoms. The van der Waals surface area contributed by atoms with Crippen LogP contribution >= 0.6 is 70.4 Å². The monoisotopic (exact) mass is 1050 g/mol. The van der Waals surface area contributed by atoms with Crippen molar-refractivity contribution < 1.29 is 54.1 Å². The molecule has 5 aromatic rings. The van der Waals surface area contributed by atoms with Gasteiger partial charge in [0.05, 0.1) is 30.9 Å². The molecule has 0 aliphatic rings. The zero-order valence-electron chi connectivity index (χ0n) is 27.3. The van der Waals surface area contributed by atoms with Crippen LogP contribution < -0.4 is 9.47 Å². The maximum atomic E-state index is 13.0. The minimum Gasteiger partial charge on any atom is -0.497 e. The Morgan fingerprint density at radius 2 is 0.981 bits per heavy atom. The molecule has 0 aromatic heterocycles. The van der Waals surface area contributed by atoms with Crippen molar-refractivity contribution in [2.75, 3.05) is 14.2 Å². The van der Waals surface area contributed by atoms with Crippen LogP contribution in [0.4, 0.5) is 39.5 Å². The summed E-state index contributed by atoms with van der Waals surface area (Å²) in [5.74, 6) is 1.25. The van der Waals surface area contributed by atoms with Crippen molar-refractivity contribution in [3.8, 4) is 11.5 Å². The Balaban J connectivity index is 0.000000222. The number of rotatable bonds is 6. The Hall–Kier alpha value is -2.80. The Kier molecular flexibility index (Phi) is 16.1. The normalized spacial score (nSPS) is 12.2. The summed E-state index contributed by atoms with van der Waals surface area (Å²) in [7, 11) is 3.03. The molecule has 0 amide bonds. The second-order valence-electron chi connectivity index (χ2n) is 10.9. The minimum atomic E-state index is -4.52. The molecule has 0 aliphatic heterocycles. The number of ether oxygens (including phenoxy) is 2. The molecule has 1 atom stereocenters. The Morgan fingerprint density at radius 1 is 0.566 bits per heavy atom. The molecule has 0 bridgehead atoms. The fourth-order valence-electron chi connectivity index (χ4n) is 4.65. The molecule has 0 saturated carbocycles.